The number of benzene rings is 2. The number of hydrogen-bond donors (Lipinski definition) is 2. The summed E-state index contributed by atoms with van der Waals surface area (Å²) in [5.41, 5.74) is 1.20. The van der Waals surface area contributed by atoms with Gasteiger partial charge < -0.3 is 4.98 Å². The lowest BCUT2D eigenvalue weighted by Gasteiger charge is -2.14. The van der Waals surface area contributed by atoms with Crippen molar-refractivity contribution in [1.29, 1.82) is 0 Å². The number of nitrogens with one attached hydrogen (secondary N) is 2. The summed E-state index contributed by atoms with van der Waals surface area (Å²) in [5, 5.41) is 0. The van der Waals surface area contributed by atoms with Gasteiger partial charge in [0.25, 0.3) is 10.0 Å². The summed E-state index contributed by atoms with van der Waals surface area (Å²) < 4.78 is 42.5. The first kappa shape index (κ1) is 17.0. The molecule has 0 fully saturated rings. The van der Waals surface area contributed by atoms with E-state index in [1.807, 2.05) is 0 Å². The third-order valence-corrected chi connectivity index (χ3v) is 5.30. The first-order valence-electron chi connectivity index (χ1n) is 7.45. The SMILES string of the molecule is Cc1cc(F)ccc1S(=O)(=O)Nc1ccccc1-n1c(C)c[nH]c1=O. The van der Waals surface area contributed by atoms with Gasteiger partial charge in [-0.2, -0.15) is 0 Å². The molecule has 130 valence electrons. The van der Waals surface area contributed by atoms with E-state index in [4.69, 9.17) is 0 Å². The molecule has 1 aromatic heterocycles. The highest BCUT2D eigenvalue weighted by Crippen LogP contribution is 2.25. The lowest BCUT2D eigenvalue weighted by Crippen LogP contribution is -2.20. The molecule has 0 aliphatic rings. The normalized spacial score (nSPS) is 11.5. The monoisotopic (exact) mass is 361 g/mol. The average Bonchev–Trinajstić information content (AvgIpc) is 2.86. The van der Waals surface area contributed by atoms with Crippen LogP contribution in [0.25, 0.3) is 5.69 Å². The van der Waals surface area contributed by atoms with Gasteiger partial charge in [0.05, 0.1) is 16.3 Å². The van der Waals surface area contributed by atoms with Crippen LogP contribution in [0.3, 0.4) is 0 Å². The summed E-state index contributed by atoms with van der Waals surface area (Å²) in [4.78, 5) is 14.5. The Morgan fingerprint density at radius 1 is 1.12 bits per heavy atom. The van der Waals surface area contributed by atoms with Crippen LogP contribution in [0.1, 0.15) is 11.3 Å². The fourth-order valence-electron chi connectivity index (χ4n) is 2.62. The molecule has 1 heterocycles. The molecule has 2 aromatic carbocycles. The molecule has 0 aliphatic heterocycles. The smallest absolute Gasteiger partial charge is 0.312 e. The van der Waals surface area contributed by atoms with E-state index < -0.39 is 15.8 Å². The number of H-pyrrole nitrogens is 1. The van der Waals surface area contributed by atoms with Gasteiger partial charge >= 0.3 is 5.69 Å². The van der Waals surface area contributed by atoms with E-state index in [0.29, 0.717) is 16.9 Å². The minimum atomic E-state index is -3.94. The van der Waals surface area contributed by atoms with E-state index in [1.54, 1.807) is 31.2 Å². The molecule has 0 spiro atoms. The van der Waals surface area contributed by atoms with Crippen LogP contribution in [0.2, 0.25) is 0 Å². The van der Waals surface area contributed by atoms with Gasteiger partial charge in [-0.15, -0.1) is 0 Å². The van der Waals surface area contributed by atoms with Crippen molar-refractivity contribution in [3.8, 4) is 5.69 Å². The predicted molar refractivity (Wildman–Crippen MR) is 93.1 cm³/mol. The van der Waals surface area contributed by atoms with Crippen LogP contribution >= 0.6 is 0 Å². The number of para-hydroxylation sites is 2. The van der Waals surface area contributed by atoms with E-state index in [1.165, 1.54) is 23.8 Å². The number of hydrogen-bond acceptors (Lipinski definition) is 3. The van der Waals surface area contributed by atoms with Crippen LogP contribution in [0.15, 0.2) is 58.4 Å². The molecule has 0 saturated heterocycles. The van der Waals surface area contributed by atoms with Gasteiger partial charge in [-0.25, -0.2) is 17.6 Å². The van der Waals surface area contributed by atoms with Crippen molar-refractivity contribution < 1.29 is 12.8 Å². The molecule has 3 aromatic rings. The third kappa shape index (κ3) is 3.20. The summed E-state index contributed by atoms with van der Waals surface area (Å²) >= 11 is 0. The van der Waals surface area contributed by atoms with Crippen LogP contribution in [-0.4, -0.2) is 18.0 Å². The van der Waals surface area contributed by atoms with Crippen molar-refractivity contribution in [2.75, 3.05) is 4.72 Å². The summed E-state index contributed by atoms with van der Waals surface area (Å²) in [6.07, 6.45) is 1.54. The van der Waals surface area contributed by atoms with Crippen molar-refractivity contribution in [1.82, 2.24) is 9.55 Å². The first-order chi connectivity index (χ1) is 11.8. The second kappa shape index (κ2) is 6.21. The number of aryl methyl sites for hydroxylation is 2. The maximum atomic E-state index is 13.2. The fourth-order valence-corrected chi connectivity index (χ4v) is 3.93. The van der Waals surface area contributed by atoms with Crippen LogP contribution < -0.4 is 10.4 Å². The molecule has 0 aliphatic carbocycles. The minimum absolute atomic E-state index is 0.0261. The Hall–Kier alpha value is -2.87. The Labute approximate surface area is 144 Å². The molecule has 6 nitrogen and oxygen atoms in total. The van der Waals surface area contributed by atoms with Crippen LogP contribution in [0, 0.1) is 19.7 Å². The quantitative estimate of drug-likeness (QED) is 0.749. The second-order valence-electron chi connectivity index (χ2n) is 5.60. The number of sulfonamides is 1. The molecular weight excluding hydrogens is 345 g/mol. The van der Waals surface area contributed by atoms with Gasteiger partial charge in [0.15, 0.2) is 0 Å². The van der Waals surface area contributed by atoms with E-state index in [-0.39, 0.29) is 16.3 Å². The molecular formula is C17H16FN3O3S. The van der Waals surface area contributed by atoms with Crippen LogP contribution in [0.5, 0.6) is 0 Å². The van der Waals surface area contributed by atoms with E-state index in [0.717, 1.165) is 12.1 Å². The summed E-state index contributed by atoms with van der Waals surface area (Å²) in [6.45, 7) is 3.25. The number of halogens is 1. The Bertz CT molecular complexity index is 1100. The Kier molecular flexibility index (Phi) is 4.22. The zero-order valence-electron chi connectivity index (χ0n) is 13.6. The highest BCUT2D eigenvalue weighted by molar-refractivity contribution is 7.92. The molecule has 0 saturated carbocycles. The molecule has 3 rings (SSSR count). The van der Waals surface area contributed by atoms with E-state index in [2.05, 4.69) is 9.71 Å². The molecule has 0 radical (unpaired) electrons. The largest absolute Gasteiger partial charge is 0.330 e. The minimum Gasteiger partial charge on any atom is -0.312 e. The van der Waals surface area contributed by atoms with Gasteiger partial charge in [0, 0.05) is 11.9 Å². The van der Waals surface area contributed by atoms with Crippen molar-refractivity contribution in [2.45, 2.75) is 18.7 Å². The van der Waals surface area contributed by atoms with Crippen molar-refractivity contribution in [2.24, 2.45) is 0 Å². The molecule has 0 atom stereocenters. The molecule has 2 N–H and O–H groups in total. The number of nitrogens with zero attached hydrogens (tertiary/aromatic N) is 1. The zero-order chi connectivity index (χ0) is 18.2. The molecule has 0 unspecified atom stereocenters. The van der Waals surface area contributed by atoms with Crippen molar-refractivity contribution in [3.63, 3.8) is 0 Å². The van der Waals surface area contributed by atoms with E-state index in [9.17, 15) is 17.6 Å². The van der Waals surface area contributed by atoms with Gasteiger partial charge in [-0.1, -0.05) is 12.1 Å². The molecule has 8 heteroatoms. The van der Waals surface area contributed by atoms with Crippen molar-refractivity contribution >= 4 is 15.7 Å². The van der Waals surface area contributed by atoms with Crippen LogP contribution in [-0.2, 0) is 10.0 Å². The van der Waals surface area contributed by atoms with Gasteiger partial charge in [0.1, 0.15) is 5.82 Å². The second-order valence-corrected chi connectivity index (χ2v) is 7.25. The van der Waals surface area contributed by atoms with Gasteiger partial charge in [0.2, 0.25) is 0 Å². The molecule has 0 amide bonds. The highest BCUT2D eigenvalue weighted by atomic mass is 32.2. The standard InChI is InChI=1S/C17H16FN3O3S/c1-11-9-13(18)7-8-16(11)25(23,24)20-14-5-3-4-6-15(14)21-12(2)10-19-17(21)22/h3-10,20H,1-2H3,(H,19,22). The van der Waals surface area contributed by atoms with Crippen LogP contribution in [0.4, 0.5) is 10.1 Å². The molecule has 25 heavy (non-hydrogen) atoms. The molecule has 0 bridgehead atoms. The van der Waals surface area contributed by atoms with E-state index >= 15 is 0 Å². The van der Waals surface area contributed by atoms with Crippen molar-refractivity contribution in [3.05, 3.63) is 76.2 Å². The third-order valence-electron chi connectivity index (χ3n) is 3.78. The Balaban J connectivity index is 2.09. The average molecular weight is 361 g/mol. The summed E-state index contributed by atoms with van der Waals surface area (Å²) in [6, 6.07) is 10.0. The Morgan fingerprint density at radius 2 is 1.84 bits per heavy atom. The Morgan fingerprint density at radius 3 is 2.48 bits per heavy atom. The maximum absolute atomic E-state index is 13.2. The number of rotatable bonds is 4. The zero-order valence-corrected chi connectivity index (χ0v) is 14.4. The predicted octanol–water partition coefficient (Wildman–Crippen LogP) is 2.72. The van der Waals surface area contributed by atoms with Gasteiger partial charge in [-0.05, 0) is 49.7 Å². The number of aromatic amines is 1. The topological polar surface area (TPSA) is 84.0 Å². The number of aromatic nitrogens is 2. The maximum Gasteiger partial charge on any atom is 0.330 e. The lowest BCUT2D eigenvalue weighted by atomic mass is 10.2. The summed E-state index contributed by atoms with van der Waals surface area (Å²) in [7, 11) is -3.94. The van der Waals surface area contributed by atoms with Gasteiger partial charge in [-0.3, -0.25) is 9.29 Å². The number of anilines is 1. The highest BCUT2D eigenvalue weighted by Gasteiger charge is 2.20. The number of imidazole rings is 1. The summed E-state index contributed by atoms with van der Waals surface area (Å²) in [5.74, 6) is -0.508. The fraction of sp³-hybridized carbons (Fsp3) is 0.118. The lowest BCUT2D eigenvalue weighted by molar-refractivity contribution is 0.598. The first-order valence-corrected chi connectivity index (χ1v) is 8.93.